The molecule has 22 heavy (non-hydrogen) atoms. The highest BCUT2D eigenvalue weighted by atomic mass is 16.5. The zero-order chi connectivity index (χ0) is 15.6. The Balaban J connectivity index is 1.87. The third kappa shape index (κ3) is 3.02. The van der Waals surface area contributed by atoms with Crippen molar-refractivity contribution >= 4 is 11.4 Å². The average Bonchev–Trinajstić information content (AvgIpc) is 2.56. The number of piperidine rings is 1. The van der Waals surface area contributed by atoms with Crippen LogP contribution in [0.1, 0.15) is 39.5 Å². The van der Waals surface area contributed by atoms with Crippen LogP contribution < -0.4 is 20.7 Å². The van der Waals surface area contributed by atoms with Gasteiger partial charge in [0.25, 0.3) is 0 Å². The summed E-state index contributed by atoms with van der Waals surface area (Å²) in [7, 11) is 0. The van der Waals surface area contributed by atoms with Crippen molar-refractivity contribution in [3.05, 3.63) is 18.2 Å². The summed E-state index contributed by atoms with van der Waals surface area (Å²) in [5.74, 6) is 1.76. The van der Waals surface area contributed by atoms with Gasteiger partial charge >= 0.3 is 0 Å². The van der Waals surface area contributed by atoms with Gasteiger partial charge in [-0.3, -0.25) is 0 Å². The molecule has 0 amide bonds. The van der Waals surface area contributed by atoms with Gasteiger partial charge < -0.3 is 20.7 Å². The Morgan fingerprint density at radius 1 is 1.27 bits per heavy atom. The molecule has 1 fully saturated rings. The minimum Gasteiger partial charge on any atom is -0.483 e. The molecule has 0 radical (unpaired) electrons. The Kier molecular flexibility index (Phi) is 4.48. The van der Waals surface area contributed by atoms with E-state index in [9.17, 15) is 0 Å². The van der Waals surface area contributed by atoms with E-state index >= 15 is 0 Å². The van der Waals surface area contributed by atoms with Crippen LogP contribution in [0.2, 0.25) is 0 Å². The fourth-order valence-corrected chi connectivity index (χ4v) is 3.72. The SMILES string of the molecule is CCC1(CC)CN(CC2CCNCC2)c2cc(N)ccc2O1. The molecule has 0 spiro atoms. The molecule has 0 atom stereocenters. The van der Waals surface area contributed by atoms with Crippen molar-refractivity contribution in [3.63, 3.8) is 0 Å². The van der Waals surface area contributed by atoms with Crippen LogP contribution >= 0.6 is 0 Å². The second-order valence-corrected chi connectivity index (χ2v) is 6.79. The van der Waals surface area contributed by atoms with Gasteiger partial charge in [-0.05, 0) is 62.9 Å². The molecular weight excluding hydrogens is 274 g/mol. The number of anilines is 2. The number of hydrogen-bond donors (Lipinski definition) is 2. The van der Waals surface area contributed by atoms with Crippen LogP contribution in [0.15, 0.2) is 18.2 Å². The highest BCUT2D eigenvalue weighted by Gasteiger charge is 2.37. The van der Waals surface area contributed by atoms with E-state index in [0.717, 1.165) is 56.4 Å². The standard InChI is InChI=1S/C18H29N3O/c1-3-18(4-2)13-21(12-14-7-9-20-10-8-14)16-11-15(19)5-6-17(16)22-18/h5-6,11,14,20H,3-4,7-10,12-13,19H2,1-2H3. The predicted molar refractivity (Wildman–Crippen MR) is 92.6 cm³/mol. The van der Waals surface area contributed by atoms with Crippen LogP contribution in [0.5, 0.6) is 5.75 Å². The first-order valence-corrected chi connectivity index (χ1v) is 8.70. The van der Waals surface area contributed by atoms with Crippen LogP contribution in [-0.2, 0) is 0 Å². The maximum absolute atomic E-state index is 6.38. The number of nitrogens with zero attached hydrogens (tertiary/aromatic N) is 1. The monoisotopic (exact) mass is 303 g/mol. The van der Waals surface area contributed by atoms with E-state index in [1.165, 1.54) is 18.5 Å². The summed E-state index contributed by atoms with van der Waals surface area (Å²) in [6, 6.07) is 6.06. The molecule has 122 valence electrons. The Labute approximate surface area is 134 Å². The summed E-state index contributed by atoms with van der Waals surface area (Å²) < 4.78 is 6.38. The molecule has 0 bridgehead atoms. The lowest BCUT2D eigenvalue weighted by Crippen LogP contribution is -2.52. The van der Waals surface area contributed by atoms with Gasteiger partial charge in [-0.2, -0.15) is 0 Å². The third-order valence-corrected chi connectivity index (χ3v) is 5.36. The number of nitrogens with two attached hydrogens (primary N) is 1. The highest BCUT2D eigenvalue weighted by molar-refractivity contribution is 5.66. The second-order valence-electron chi connectivity index (χ2n) is 6.79. The Hall–Kier alpha value is -1.42. The average molecular weight is 303 g/mol. The number of benzene rings is 1. The molecule has 2 heterocycles. The van der Waals surface area contributed by atoms with Crippen LogP contribution in [0.3, 0.4) is 0 Å². The minimum atomic E-state index is -0.0595. The van der Waals surface area contributed by atoms with Crippen LogP contribution in [0, 0.1) is 5.92 Å². The minimum absolute atomic E-state index is 0.0595. The Bertz CT molecular complexity index is 507. The largest absolute Gasteiger partial charge is 0.483 e. The molecule has 3 N–H and O–H groups in total. The zero-order valence-corrected chi connectivity index (χ0v) is 13.9. The van der Waals surface area contributed by atoms with Crippen LogP contribution in [0.25, 0.3) is 0 Å². The van der Waals surface area contributed by atoms with E-state index < -0.39 is 0 Å². The van der Waals surface area contributed by atoms with Gasteiger partial charge in [0.15, 0.2) is 0 Å². The van der Waals surface area contributed by atoms with Crippen molar-refractivity contribution in [1.82, 2.24) is 5.32 Å². The van der Waals surface area contributed by atoms with Crippen molar-refractivity contribution < 1.29 is 4.74 Å². The maximum atomic E-state index is 6.38. The summed E-state index contributed by atoms with van der Waals surface area (Å²) in [6.45, 7) is 8.84. The van der Waals surface area contributed by atoms with Gasteiger partial charge in [0.2, 0.25) is 0 Å². The molecule has 2 aliphatic heterocycles. The van der Waals surface area contributed by atoms with Gasteiger partial charge in [-0.1, -0.05) is 13.8 Å². The first-order valence-electron chi connectivity index (χ1n) is 8.70. The van der Waals surface area contributed by atoms with Gasteiger partial charge in [0, 0.05) is 12.2 Å². The number of nitrogens with one attached hydrogen (secondary N) is 1. The first kappa shape index (κ1) is 15.5. The van der Waals surface area contributed by atoms with E-state index in [1.807, 2.05) is 12.1 Å². The molecule has 1 saturated heterocycles. The molecule has 4 nitrogen and oxygen atoms in total. The fraction of sp³-hybridized carbons (Fsp3) is 0.667. The first-order chi connectivity index (χ1) is 10.7. The summed E-state index contributed by atoms with van der Waals surface area (Å²) >= 11 is 0. The third-order valence-electron chi connectivity index (χ3n) is 5.36. The molecular formula is C18H29N3O. The van der Waals surface area contributed by atoms with Crippen LogP contribution in [0.4, 0.5) is 11.4 Å². The molecule has 3 rings (SSSR count). The van der Waals surface area contributed by atoms with Crippen LogP contribution in [-0.4, -0.2) is 31.8 Å². The summed E-state index contributed by atoms with van der Waals surface area (Å²) in [5.41, 5.74) is 7.95. The summed E-state index contributed by atoms with van der Waals surface area (Å²) in [6.07, 6.45) is 4.60. The normalized spacial score (nSPS) is 21.3. The molecule has 0 aliphatic carbocycles. The van der Waals surface area contributed by atoms with E-state index in [1.54, 1.807) is 0 Å². The van der Waals surface area contributed by atoms with Gasteiger partial charge in [0.05, 0.1) is 12.2 Å². The number of rotatable bonds is 4. The molecule has 4 heteroatoms. The Morgan fingerprint density at radius 2 is 2.00 bits per heavy atom. The summed E-state index contributed by atoms with van der Waals surface area (Å²) in [4.78, 5) is 2.53. The molecule has 1 aromatic rings. The Morgan fingerprint density at radius 3 is 2.68 bits per heavy atom. The molecule has 0 unspecified atom stereocenters. The lowest BCUT2D eigenvalue weighted by atomic mass is 9.91. The van der Waals surface area contributed by atoms with E-state index in [2.05, 4.69) is 30.1 Å². The number of ether oxygens (including phenoxy) is 1. The molecule has 0 aromatic heterocycles. The highest BCUT2D eigenvalue weighted by Crippen LogP contribution is 2.41. The van der Waals surface area contributed by atoms with Gasteiger partial charge in [0.1, 0.15) is 11.4 Å². The van der Waals surface area contributed by atoms with E-state index in [-0.39, 0.29) is 5.60 Å². The number of nitrogen functional groups attached to an aromatic ring is 1. The van der Waals surface area contributed by atoms with Gasteiger partial charge in [-0.15, -0.1) is 0 Å². The zero-order valence-electron chi connectivity index (χ0n) is 13.9. The predicted octanol–water partition coefficient (Wildman–Crippen LogP) is 3.03. The lowest BCUT2D eigenvalue weighted by molar-refractivity contribution is 0.0562. The van der Waals surface area contributed by atoms with Crippen molar-refractivity contribution in [1.29, 1.82) is 0 Å². The maximum Gasteiger partial charge on any atom is 0.143 e. The topological polar surface area (TPSA) is 50.5 Å². The summed E-state index contributed by atoms with van der Waals surface area (Å²) in [5, 5.41) is 3.46. The molecule has 0 saturated carbocycles. The number of fused-ring (bicyclic) bond motifs is 1. The van der Waals surface area contributed by atoms with Crippen molar-refractivity contribution in [2.45, 2.75) is 45.1 Å². The molecule has 2 aliphatic rings. The quantitative estimate of drug-likeness (QED) is 0.840. The lowest BCUT2D eigenvalue weighted by Gasteiger charge is -2.45. The van der Waals surface area contributed by atoms with Crippen molar-refractivity contribution in [2.75, 3.05) is 36.8 Å². The smallest absolute Gasteiger partial charge is 0.143 e. The molecule has 1 aromatic carbocycles. The van der Waals surface area contributed by atoms with E-state index in [0.29, 0.717) is 0 Å². The van der Waals surface area contributed by atoms with Gasteiger partial charge in [-0.25, -0.2) is 0 Å². The van der Waals surface area contributed by atoms with Crippen molar-refractivity contribution in [2.24, 2.45) is 5.92 Å². The number of hydrogen-bond acceptors (Lipinski definition) is 4. The second kappa shape index (κ2) is 6.37. The fourth-order valence-electron chi connectivity index (χ4n) is 3.72. The van der Waals surface area contributed by atoms with E-state index in [4.69, 9.17) is 10.5 Å². The van der Waals surface area contributed by atoms with Crippen molar-refractivity contribution in [3.8, 4) is 5.75 Å².